The second-order valence-corrected chi connectivity index (χ2v) is 5.32. The molecule has 0 unspecified atom stereocenters. The zero-order valence-corrected chi connectivity index (χ0v) is 13.4. The fourth-order valence-electron chi connectivity index (χ4n) is 2.45. The fourth-order valence-corrected chi connectivity index (χ4v) is 2.45. The van der Waals surface area contributed by atoms with Crippen LogP contribution in [-0.2, 0) is 0 Å². The molecule has 0 bridgehead atoms. The zero-order valence-electron chi connectivity index (χ0n) is 13.4. The highest BCUT2D eigenvalue weighted by atomic mass is 16.5. The van der Waals surface area contributed by atoms with Gasteiger partial charge in [0, 0.05) is 5.69 Å². The Morgan fingerprint density at radius 1 is 1.13 bits per heavy atom. The minimum Gasteiger partial charge on any atom is -0.361 e. The molecule has 7 heteroatoms. The molecule has 0 aliphatic heterocycles. The minimum atomic E-state index is -0.234. The summed E-state index contributed by atoms with van der Waals surface area (Å²) in [5.41, 5.74) is 2.62. The van der Waals surface area contributed by atoms with Crippen LogP contribution in [0.4, 0.5) is 5.69 Å². The summed E-state index contributed by atoms with van der Waals surface area (Å²) in [5, 5.41) is 11.0. The van der Waals surface area contributed by atoms with Gasteiger partial charge in [-0.3, -0.25) is 4.79 Å². The number of aryl methyl sites for hydroxylation is 4. The van der Waals surface area contributed by atoms with Crippen molar-refractivity contribution < 1.29 is 9.32 Å². The Morgan fingerprint density at radius 2 is 1.83 bits per heavy atom. The van der Waals surface area contributed by atoms with E-state index in [1.54, 1.807) is 18.5 Å². The van der Waals surface area contributed by atoms with Crippen LogP contribution in [0.1, 0.15) is 33.5 Å². The van der Waals surface area contributed by atoms with E-state index in [0.717, 1.165) is 17.3 Å². The van der Waals surface area contributed by atoms with Gasteiger partial charge < -0.3 is 9.84 Å². The lowest BCUT2D eigenvalue weighted by Gasteiger charge is -2.07. The summed E-state index contributed by atoms with van der Waals surface area (Å²) in [6.07, 6.45) is 0. The van der Waals surface area contributed by atoms with E-state index in [1.807, 2.05) is 38.1 Å². The van der Waals surface area contributed by atoms with Crippen molar-refractivity contribution in [1.29, 1.82) is 0 Å². The lowest BCUT2D eigenvalue weighted by Crippen LogP contribution is -2.13. The van der Waals surface area contributed by atoms with Gasteiger partial charge in [0.2, 0.25) is 0 Å². The Hall–Kier alpha value is -2.96. The lowest BCUT2D eigenvalue weighted by molar-refractivity contribution is 0.102. The number of hydrogen-bond acceptors (Lipinski definition) is 5. The molecule has 0 radical (unpaired) electrons. The number of carbonyl (C=O) groups excluding carboxylic acids is 1. The predicted octanol–water partition coefficient (Wildman–Crippen LogP) is 2.74. The average Bonchev–Trinajstić information content (AvgIpc) is 3.01. The van der Waals surface area contributed by atoms with Gasteiger partial charge in [-0.1, -0.05) is 5.16 Å². The average molecular weight is 311 g/mol. The number of nitrogens with one attached hydrogen (secondary N) is 1. The van der Waals surface area contributed by atoms with Crippen molar-refractivity contribution in [1.82, 2.24) is 19.9 Å². The van der Waals surface area contributed by atoms with E-state index in [9.17, 15) is 4.79 Å². The zero-order chi connectivity index (χ0) is 16.6. The molecule has 1 amide bonds. The molecule has 0 atom stereocenters. The Bertz CT molecular complexity index is 842. The maximum atomic E-state index is 12.3. The molecule has 0 fully saturated rings. The predicted molar refractivity (Wildman–Crippen MR) is 84.8 cm³/mol. The smallest absolute Gasteiger partial charge is 0.261 e. The topological polar surface area (TPSA) is 85.8 Å². The van der Waals surface area contributed by atoms with Crippen molar-refractivity contribution in [3.05, 3.63) is 52.9 Å². The van der Waals surface area contributed by atoms with Crippen molar-refractivity contribution in [2.24, 2.45) is 0 Å². The first-order valence-corrected chi connectivity index (χ1v) is 7.20. The molecule has 3 rings (SSSR count). The molecule has 23 heavy (non-hydrogen) atoms. The number of carbonyl (C=O) groups is 1. The first kappa shape index (κ1) is 15.0. The van der Waals surface area contributed by atoms with Crippen LogP contribution in [0.2, 0.25) is 0 Å². The van der Waals surface area contributed by atoms with Crippen LogP contribution < -0.4 is 5.32 Å². The van der Waals surface area contributed by atoms with Crippen LogP contribution >= 0.6 is 0 Å². The van der Waals surface area contributed by atoms with E-state index in [4.69, 9.17) is 4.52 Å². The summed E-state index contributed by atoms with van der Waals surface area (Å²) >= 11 is 0. The van der Waals surface area contributed by atoms with Gasteiger partial charge in [0.1, 0.15) is 23.0 Å². The molecule has 0 aliphatic carbocycles. The highest BCUT2D eigenvalue weighted by Crippen LogP contribution is 2.17. The normalized spacial score (nSPS) is 10.8. The Balaban J connectivity index is 1.80. The summed E-state index contributed by atoms with van der Waals surface area (Å²) in [4.78, 5) is 16.6. The van der Waals surface area contributed by atoms with Crippen LogP contribution in [0.15, 0.2) is 28.8 Å². The van der Waals surface area contributed by atoms with Crippen molar-refractivity contribution in [2.75, 3.05) is 5.32 Å². The fraction of sp³-hybridized carbons (Fsp3) is 0.250. The largest absolute Gasteiger partial charge is 0.361 e. The molecule has 0 saturated heterocycles. The van der Waals surface area contributed by atoms with Gasteiger partial charge in [0.15, 0.2) is 0 Å². The number of nitrogens with zero attached hydrogens (tertiary/aromatic N) is 4. The first-order valence-electron chi connectivity index (χ1n) is 7.20. The molecule has 0 aliphatic rings. The number of hydrogen-bond donors (Lipinski definition) is 1. The van der Waals surface area contributed by atoms with Gasteiger partial charge in [-0.15, -0.1) is 0 Å². The van der Waals surface area contributed by atoms with Crippen LogP contribution in [0.25, 0.3) is 5.69 Å². The second kappa shape index (κ2) is 5.68. The van der Waals surface area contributed by atoms with E-state index in [2.05, 4.69) is 20.6 Å². The highest BCUT2D eigenvalue weighted by molar-refractivity contribution is 6.05. The van der Waals surface area contributed by atoms with Gasteiger partial charge in [-0.05, 0) is 52.0 Å². The van der Waals surface area contributed by atoms with Gasteiger partial charge in [0.25, 0.3) is 5.91 Å². The number of aromatic nitrogens is 4. The van der Waals surface area contributed by atoms with Gasteiger partial charge >= 0.3 is 0 Å². The third-order valence-corrected chi connectivity index (χ3v) is 3.51. The molecule has 118 valence electrons. The van der Waals surface area contributed by atoms with E-state index in [1.165, 1.54) is 0 Å². The van der Waals surface area contributed by atoms with Crippen molar-refractivity contribution >= 4 is 11.6 Å². The SMILES string of the molecule is Cc1nc(C)n(-c2ccc(NC(=O)c3c(C)noc3C)cc2)n1. The summed E-state index contributed by atoms with van der Waals surface area (Å²) in [6, 6.07) is 7.40. The molecular weight excluding hydrogens is 294 g/mol. The molecule has 7 nitrogen and oxygen atoms in total. The quantitative estimate of drug-likeness (QED) is 0.803. The molecule has 2 heterocycles. The molecule has 2 aromatic heterocycles. The monoisotopic (exact) mass is 311 g/mol. The third-order valence-electron chi connectivity index (χ3n) is 3.51. The van der Waals surface area contributed by atoms with Crippen molar-refractivity contribution in [3.8, 4) is 5.69 Å². The maximum absolute atomic E-state index is 12.3. The molecule has 0 saturated carbocycles. The summed E-state index contributed by atoms with van der Waals surface area (Å²) in [7, 11) is 0. The number of rotatable bonds is 3. The third kappa shape index (κ3) is 2.85. The van der Waals surface area contributed by atoms with E-state index >= 15 is 0 Å². The van der Waals surface area contributed by atoms with Crippen molar-refractivity contribution in [2.45, 2.75) is 27.7 Å². The second-order valence-electron chi connectivity index (χ2n) is 5.32. The van der Waals surface area contributed by atoms with Crippen LogP contribution in [0.5, 0.6) is 0 Å². The molecular formula is C16H17N5O2. The lowest BCUT2D eigenvalue weighted by atomic mass is 10.2. The van der Waals surface area contributed by atoms with Crippen LogP contribution in [-0.4, -0.2) is 25.8 Å². The van der Waals surface area contributed by atoms with Crippen LogP contribution in [0, 0.1) is 27.7 Å². The molecule has 1 N–H and O–H groups in total. The summed E-state index contributed by atoms with van der Waals surface area (Å²) in [5.74, 6) is 1.81. The molecule has 0 spiro atoms. The van der Waals surface area contributed by atoms with E-state index in [0.29, 0.717) is 22.7 Å². The first-order chi connectivity index (χ1) is 11.0. The molecule has 3 aromatic rings. The number of amides is 1. The standard InChI is InChI=1S/C16H17N5O2/c1-9-15(10(2)23-20-9)16(22)18-13-5-7-14(8-6-13)21-12(4)17-11(3)19-21/h5-8H,1-4H3,(H,18,22). The Morgan fingerprint density at radius 3 is 2.35 bits per heavy atom. The van der Waals surface area contributed by atoms with Gasteiger partial charge in [-0.2, -0.15) is 5.10 Å². The summed E-state index contributed by atoms with van der Waals surface area (Å²) < 4.78 is 6.78. The Labute approximate surface area is 133 Å². The Kier molecular flexibility index (Phi) is 3.69. The minimum absolute atomic E-state index is 0.234. The number of benzene rings is 1. The van der Waals surface area contributed by atoms with E-state index < -0.39 is 0 Å². The van der Waals surface area contributed by atoms with E-state index in [-0.39, 0.29) is 5.91 Å². The van der Waals surface area contributed by atoms with Crippen LogP contribution in [0.3, 0.4) is 0 Å². The van der Waals surface area contributed by atoms with Crippen molar-refractivity contribution in [3.63, 3.8) is 0 Å². The molecule has 1 aromatic carbocycles. The highest BCUT2D eigenvalue weighted by Gasteiger charge is 2.17. The summed E-state index contributed by atoms with van der Waals surface area (Å²) in [6.45, 7) is 7.20. The van der Waals surface area contributed by atoms with Gasteiger partial charge in [0.05, 0.1) is 11.4 Å². The van der Waals surface area contributed by atoms with Gasteiger partial charge in [-0.25, -0.2) is 9.67 Å². The maximum Gasteiger partial charge on any atom is 0.261 e. The number of anilines is 1.